The number of carbonyl (C=O) groups is 1. The van der Waals surface area contributed by atoms with Crippen molar-refractivity contribution in [3.05, 3.63) is 41.8 Å². The van der Waals surface area contributed by atoms with Gasteiger partial charge in [-0.15, -0.1) is 11.3 Å². The average molecular weight is 402 g/mol. The number of thiophene rings is 1. The monoisotopic (exact) mass is 401 g/mol. The molecule has 1 fully saturated rings. The van der Waals surface area contributed by atoms with E-state index in [2.05, 4.69) is 15.3 Å². The lowest BCUT2D eigenvalue weighted by atomic mass is 10.1. The minimum absolute atomic E-state index is 0.0530. The van der Waals surface area contributed by atoms with Crippen LogP contribution in [0.1, 0.15) is 32.6 Å². The van der Waals surface area contributed by atoms with Crippen molar-refractivity contribution in [3.63, 3.8) is 0 Å². The molecular formula is C20H20FN3OS2. The Morgan fingerprint density at radius 2 is 2.00 bits per heavy atom. The highest BCUT2D eigenvalue weighted by Crippen LogP contribution is 2.39. The summed E-state index contributed by atoms with van der Waals surface area (Å²) < 4.78 is 13.3. The van der Waals surface area contributed by atoms with Crippen LogP contribution in [0.3, 0.4) is 0 Å². The van der Waals surface area contributed by atoms with E-state index in [4.69, 9.17) is 0 Å². The first-order chi connectivity index (χ1) is 13.1. The molecular weight excluding hydrogens is 381 g/mol. The van der Waals surface area contributed by atoms with Gasteiger partial charge in [0.1, 0.15) is 22.0 Å². The zero-order valence-corrected chi connectivity index (χ0v) is 16.6. The maximum absolute atomic E-state index is 13.3. The van der Waals surface area contributed by atoms with Crippen molar-refractivity contribution in [2.24, 2.45) is 0 Å². The summed E-state index contributed by atoms with van der Waals surface area (Å²) in [5.41, 5.74) is 1.89. The first kappa shape index (κ1) is 18.4. The van der Waals surface area contributed by atoms with Gasteiger partial charge in [-0.2, -0.15) is 0 Å². The molecule has 1 saturated carbocycles. The summed E-state index contributed by atoms with van der Waals surface area (Å²) in [6.45, 7) is 1.91. The van der Waals surface area contributed by atoms with Gasteiger partial charge in [0.25, 0.3) is 0 Å². The number of nitrogens with zero attached hydrogens (tertiary/aromatic N) is 2. The minimum atomic E-state index is -0.263. The van der Waals surface area contributed by atoms with Gasteiger partial charge in [-0.3, -0.25) is 4.79 Å². The highest BCUT2D eigenvalue weighted by Gasteiger charge is 2.23. The fourth-order valence-corrected chi connectivity index (χ4v) is 5.31. The van der Waals surface area contributed by atoms with E-state index in [0.717, 1.165) is 39.2 Å². The first-order valence-electron chi connectivity index (χ1n) is 9.07. The predicted octanol–water partition coefficient (Wildman–Crippen LogP) is 5.04. The van der Waals surface area contributed by atoms with E-state index >= 15 is 0 Å². The number of halogens is 1. The van der Waals surface area contributed by atoms with E-state index in [9.17, 15) is 9.18 Å². The molecule has 7 heteroatoms. The van der Waals surface area contributed by atoms with Gasteiger partial charge in [0.15, 0.2) is 0 Å². The number of nitrogens with one attached hydrogen (secondary N) is 1. The van der Waals surface area contributed by atoms with Crippen LogP contribution in [-0.4, -0.2) is 27.2 Å². The summed E-state index contributed by atoms with van der Waals surface area (Å²) in [6, 6.07) is 6.73. The van der Waals surface area contributed by atoms with Gasteiger partial charge in [0.05, 0.1) is 10.6 Å². The third-order valence-corrected chi connectivity index (χ3v) is 6.84. The molecule has 0 aliphatic heterocycles. The molecule has 2 heterocycles. The van der Waals surface area contributed by atoms with Crippen molar-refractivity contribution in [2.75, 3.05) is 0 Å². The number of hydrogen-bond donors (Lipinski definition) is 1. The van der Waals surface area contributed by atoms with Gasteiger partial charge in [-0.05, 0) is 37.5 Å². The predicted molar refractivity (Wildman–Crippen MR) is 109 cm³/mol. The Morgan fingerprint density at radius 1 is 1.26 bits per heavy atom. The van der Waals surface area contributed by atoms with Crippen LogP contribution < -0.4 is 5.32 Å². The minimum Gasteiger partial charge on any atom is -0.352 e. The highest BCUT2D eigenvalue weighted by atomic mass is 32.2. The Labute approximate surface area is 165 Å². The van der Waals surface area contributed by atoms with E-state index < -0.39 is 0 Å². The van der Waals surface area contributed by atoms with Gasteiger partial charge in [-0.25, -0.2) is 14.4 Å². The number of carbonyl (C=O) groups excluding carboxylic acids is 1. The van der Waals surface area contributed by atoms with E-state index in [1.165, 1.54) is 54.4 Å². The fourth-order valence-electron chi connectivity index (χ4n) is 3.39. The number of aromatic nitrogens is 2. The zero-order chi connectivity index (χ0) is 18.8. The van der Waals surface area contributed by atoms with Gasteiger partial charge in [-0.1, -0.05) is 36.7 Å². The van der Waals surface area contributed by atoms with E-state index in [0.29, 0.717) is 6.04 Å². The van der Waals surface area contributed by atoms with Crippen molar-refractivity contribution < 1.29 is 9.18 Å². The number of hydrogen-bond acceptors (Lipinski definition) is 5. The Hall–Kier alpha value is -1.99. The Balaban J connectivity index is 1.60. The van der Waals surface area contributed by atoms with E-state index in [1.807, 2.05) is 12.3 Å². The van der Waals surface area contributed by atoms with Crippen molar-refractivity contribution in [1.29, 1.82) is 0 Å². The smallest absolute Gasteiger partial charge is 0.233 e. The maximum atomic E-state index is 13.3. The third-order valence-electron chi connectivity index (χ3n) is 4.85. The normalized spacial score (nSPS) is 15.9. The van der Waals surface area contributed by atoms with Crippen LogP contribution in [0.15, 0.2) is 41.0 Å². The molecule has 0 saturated heterocycles. The molecule has 4 rings (SSSR count). The Morgan fingerprint density at radius 3 is 2.74 bits per heavy atom. The van der Waals surface area contributed by atoms with E-state index in [-0.39, 0.29) is 17.0 Å². The molecule has 0 bridgehead atoms. The first-order valence-corrected chi connectivity index (χ1v) is 10.8. The summed E-state index contributed by atoms with van der Waals surface area (Å²) in [7, 11) is 0. The molecule has 4 nitrogen and oxygen atoms in total. The van der Waals surface area contributed by atoms with Gasteiger partial charge in [0, 0.05) is 17.0 Å². The lowest BCUT2D eigenvalue weighted by Gasteiger charge is -2.16. The van der Waals surface area contributed by atoms with Gasteiger partial charge in [0.2, 0.25) is 5.91 Å². The van der Waals surface area contributed by atoms with Crippen molar-refractivity contribution in [2.45, 2.75) is 48.9 Å². The molecule has 3 aromatic rings. The highest BCUT2D eigenvalue weighted by molar-refractivity contribution is 8.00. The molecule has 140 valence electrons. The number of amides is 1. The molecule has 0 unspecified atom stereocenters. The third kappa shape index (κ3) is 3.99. The van der Waals surface area contributed by atoms with Crippen LogP contribution in [0.25, 0.3) is 21.3 Å². The lowest BCUT2D eigenvalue weighted by Crippen LogP contribution is -2.37. The molecule has 1 amide bonds. The molecule has 27 heavy (non-hydrogen) atoms. The molecule has 1 N–H and O–H groups in total. The van der Waals surface area contributed by atoms with Crippen LogP contribution >= 0.6 is 23.1 Å². The summed E-state index contributed by atoms with van der Waals surface area (Å²) >= 11 is 2.98. The second-order valence-electron chi connectivity index (χ2n) is 6.77. The molecule has 1 atom stereocenters. The van der Waals surface area contributed by atoms with Crippen molar-refractivity contribution >= 4 is 39.2 Å². The van der Waals surface area contributed by atoms with Crippen LogP contribution in [0.5, 0.6) is 0 Å². The number of thioether (sulfide) groups is 1. The fraction of sp³-hybridized carbons (Fsp3) is 0.350. The summed E-state index contributed by atoms with van der Waals surface area (Å²) in [5, 5.41) is 6.64. The van der Waals surface area contributed by atoms with Gasteiger partial charge < -0.3 is 5.32 Å². The second kappa shape index (κ2) is 7.94. The maximum Gasteiger partial charge on any atom is 0.233 e. The topological polar surface area (TPSA) is 54.9 Å². The average Bonchev–Trinajstić information content (AvgIpc) is 3.32. The number of rotatable bonds is 5. The molecule has 1 aromatic carbocycles. The number of benzene rings is 1. The molecule has 0 spiro atoms. The van der Waals surface area contributed by atoms with Crippen LogP contribution in [0.2, 0.25) is 0 Å². The van der Waals surface area contributed by atoms with Crippen molar-refractivity contribution in [1.82, 2.24) is 15.3 Å². The van der Waals surface area contributed by atoms with Crippen LogP contribution in [-0.2, 0) is 4.79 Å². The zero-order valence-electron chi connectivity index (χ0n) is 14.9. The summed E-state index contributed by atoms with van der Waals surface area (Å²) in [5.74, 6) is -0.210. The van der Waals surface area contributed by atoms with Crippen LogP contribution in [0, 0.1) is 5.82 Å². The molecule has 1 aliphatic carbocycles. The standard InChI is InChI=1S/C20H20FN3OS2/c1-12(18(25)24-15-4-2-3-5-15)27-20-17-16(10-26-19(17)22-11-23-20)13-6-8-14(21)9-7-13/h6-12,15H,2-5H2,1H3,(H,24,25)/t12-/m0/s1. The molecule has 1 aliphatic rings. The summed E-state index contributed by atoms with van der Waals surface area (Å²) in [6.07, 6.45) is 6.06. The van der Waals surface area contributed by atoms with E-state index in [1.54, 1.807) is 12.1 Å². The Kier molecular flexibility index (Phi) is 5.41. The SMILES string of the molecule is C[C@H](Sc1ncnc2scc(-c3ccc(F)cc3)c12)C(=O)NC1CCCC1. The number of fused-ring (bicyclic) bond motifs is 1. The van der Waals surface area contributed by atoms with Crippen LogP contribution in [0.4, 0.5) is 4.39 Å². The van der Waals surface area contributed by atoms with Gasteiger partial charge >= 0.3 is 0 Å². The largest absolute Gasteiger partial charge is 0.352 e. The Bertz CT molecular complexity index is 952. The summed E-state index contributed by atoms with van der Waals surface area (Å²) in [4.78, 5) is 22.2. The quantitative estimate of drug-likeness (QED) is 0.481. The molecule has 2 aromatic heterocycles. The molecule has 0 radical (unpaired) electrons. The lowest BCUT2D eigenvalue weighted by molar-refractivity contribution is -0.120. The second-order valence-corrected chi connectivity index (χ2v) is 8.95. The van der Waals surface area contributed by atoms with Crippen molar-refractivity contribution in [3.8, 4) is 11.1 Å².